The molecule has 0 aliphatic rings. The first-order valence-corrected chi connectivity index (χ1v) is 3.85. The zero-order valence-electron chi connectivity index (χ0n) is 7.13. The molecule has 2 N–H and O–H groups in total. The second-order valence-electron chi connectivity index (χ2n) is 1.68. The molecule has 2 atom stereocenters. The van der Waals surface area contributed by atoms with Gasteiger partial charge in [0, 0.05) is 0 Å². The molecular weight excluding hydrogens is 209 g/mol. The fourth-order valence-corrected chi connectivity index (χ4v) is 0.661. The first-order valence-electron chi connectivity index (χ1n) is 2.39. The van der Waals surface area contributed by atoms with Crippen LogP contribution in [0.2, 0.25) is 0 Å². The maximum Gasteiger partial charge on any atom is 1.00 e. The molecule has 9 heteroatoms. The second-order valence-corrected chi connectivity index (χ2v) is 2.79. The minimum atomic E-state index is -5.19. The molecule has 6 nitrogen and oxygen atoms in total. The molecule has 0 aliphatic carbocycles. The summed E-state index contributed by atoms with van der Waals surface area (Å²) in [5, 5.41) is 16.8. The van der Waals surface area contributed by atoms with Gasteiger partial charge in [-0.2, -0.15) is 0 Å². The van der Waals surface area contributed by atoms with E-state index in [4.69, 9.17) is 10.2 Å². The fourth-order valence-electron chi connectivity index (χ4n) is 0.220. The summed E-state index contributed by atoms with van der Waals surface area (Å²) < 4.78 is 13.2. The first-order chi connectivity index (χ1) is 4.33. The Bertz CT molecular complexity index is 146. The molecule has 12 heavy (non-hydrogen) atoms. The van der Waals surface area contributed by atoms with Crippen LogP contribution in [0, 0.1) is 0 Å². The molecule has 0 aromatic carbocycles. The second kappa shape index (κ2) is 8.35. The van der Waals surface area contributed by atoms with E-state index in [9.17, 15) is 14.4 Å². The zero-order valence-corrected chi connectivity index (χ0v) is 12.0. The molecule has 0 aliphatic heterocycles. The van der Waals surface area contributed by atoms with E-state index in [1.807, 2.05) is 0 Å². The Morgan fingerprint density at radius 3 is 1.75 bits per heavy atom. The van der Waals surface area contributed by atoms with Crippen molar-refractivity contribution in [3.8, 4) is 0 Å². The number of hydrogen-bond acceptors (Lipinski definition) is 6. The number of hydrogen-bond donors (Lipinski definition) is 2. The average molecular weight is 216 g/mol. The zero-order chi connectivity index (χ0) is 8.36. The molecule has 62 valence electrons. The molecule has 0 spiro atoms. The van der Waals surface area contributed by atoms with Crippen molar-refractivity contribution in [3.05, 3.63) is 0 Å². The SMILES string of the molecule is CC(O)C(O)OP(=O)([O-])[O-].[Na+].[Na+]. The molecular formula is C3H7Na2O6P. The monoisotopic (exact) mass is 216 g/mol. The summed E-state index contributed by atoms with van der Waals surface area (Å²) in [6, 6.07) is 0. The summed E-state index contributed by atoms with van der Waals surface area (Å²) in [6.07, 6.45) is -3.38. The van der Waals surface area contributed by atoms with Gasteiger partial charge in [0.25, 0.3) is 0 Å². The third-order valence-corrected chi connectivity index (χ3v) is 1.12. The van der Waals surface area contributed by atoms with Gasteiger partial charge in [-0.3, -0.25) is 0 Å². The van der Waals surface area contributed by atoms with E-state index in [2.05, 4.69) is 4.52 Å². The van der Waals surface area contributed by atoms with Gasteiger partial charge in [0.1, 0.15) is 6.10 Å². The van der Waals surface area contributed by atoms with Gasteiger partial charge in [0.15, 0.2) is 6.29 Å². The Hall–Kier alpha value is 2.03. The van der Waals surface area contributed by atoms with Crippen LogP contribution in [-0.2, 0) is 9.09 Å². The predicted molar refractivity (Wildman–Crippen MR) is 26.4 cm³/mol. The summed E-state index contributed by atoms with van der Waals surface area (Å²) in [5.41, 5.74) is 0. The number of aliphatic hydroxyl groups excluding tert-OH is 2. The molecule has 0 radical (unpaired) electrons. The van der Waals surface area contributed by atoms with Gasteiger partial charge in [-0.1, -0.05) is 0 Å². The number of aliphatic hydroxyl groups is 2. The Labute approximate surface area is 114 Å². The van der Waals surface area contributed by atoms with E-state index in [0.29, 0.717) is 0 Å². The summed E-state index contributed by atoms with van der Waals surface area (Å²) in [7, 11) is -5.19. The minimum absolute atomic E-state index is 0. The topological polar surface area (TPSA) is 113 Å². The molecule has 0 rings (SSSR count). The van der Waals surface area contributed by atoms with Crippen LogP contribution in [0.25, 0.3) is 0 Å². The van der Waals surface area contributed by atoms with E-state index in [0.717, 1.165) is 6.92 Å². The summed E-state index contributed by atoms with van der Waals surface area (Å²) in [6.45, 7) is 1.08. The van der Waals surface area contributed by atoms with Gasteiger partial charge in [-0.05, 0) is 6.92 Å². The summed E-state index contributed by atoms with van der Waals surface area (Å²) >= 11 is 0. The van der Waals surface area contributed by atoms with Crippen LogP contribution in [0.15, 0.2) is 0 Å². The van der Waals surface area contributed by atoms with Crippen molar-refractivity contribution in [3.63, 3.8) is 0 Å². The van der Waals surface area contributed by atoms with Crippen LogP contribution in [0.4, 0.5) is 0 Å². The van der Waals surface area contributed by atoms with Crippen molar-refractivity contribution in [2.75, 3.05) is 0 Å². The fraction of sp³-hybridized carbons (Fsp3) is 1.00. The largest absolute Gasteiger partial charge is 1.00 e. The van der Waals surface area contributed by atoms with Crippen molar-refractivity contribution in [2.24, 2.45) is 0 Å². The van der Waals surface area contributed by atoms with Crippen molar-refractivity contribution in [1.29, 1.82) is 0 Å². The molecule has 0 heterocycles. The van der Waals surface area contributed by atoms with Crippen molar-refractivity contribution < 1.29 is 88.2 Å². The van der Waals surface area contributed by atoms with E-state index in [1.165, 1.54) is 0 Å². The van der Waals surface area contributed by atoms with E-state index in [1.54, 1.807) is 0 Å². The predicted octanol–water partition coefficient (Wildman–Crippen LogP) is -8.46. The molecule has 0 aromatic rings. The van der Waals surface area contributed by atoms with Gasteiger partial charge in [-0.25, -0.2) is 0 Å². The van der Waals surface area contributed by atoms with Crippen LogP contribution in [-0.4, -0.2) is 22.6 Å². The number of rotatable bonds is 3. The average Bonchev–Trinajstić information content (AvgIpc) is 1.60. The van der Waals surface area contributed by atoms with Crippen LogP contribution < -0.4 is 68.9 Å². The Morgan fingerprint density at radius 1 is 1.33 bits per heavy atom. The third-order valence-electron chi connectivity index (χ3n) is 0.650. The van der Waals surface area contributed by atoms with Crippen molar-refractivity contribution >= 4 is 7.82 Å². The molecule has 0 aromatic heterocycles. The van der Waals surface area contributed by atoms with E-state index in [-0.39, 0.29) is 59.1 Å². The van der Waals surface area contributed by atoms with Crippen LogP contribution in [0.5, 0.6) is 0 Å². The van der Waals surface area contributed by atoms with Crippen molar-refractivity contribution in [1.82, 2.24) is 0 Å². The van der Waals surface area contributed by atoms with Crippen LogP contribution in [0.1, 0.15) is 6.92 Å². The minimum Gasteiger partial charge on any atom is -0.790 e. The Balaban J connectivity index is -0.000000405. The Morgan fingerprint density at radius 2 is 1.67 bits per heavy atom. The van der Waals surface area contributed by atoms with E-state index < -0.39 is 20.2 Å². The third kappa shape index (κ3) is 12.0. The summed E-state index contributed by atoms with van der Waals surface area (Å²) in [5.74, 6) is 0. The molecule has 0 saturated heterocycles. The smallest absolute Gasteiger partial charge is 0.790 e. The summed E-state index contributed by atoms with van der Waals surface area (Å²) in [4.78, 5) is 19.4. The molecule has 0 bridgehead atoms. The van der Waals surface area contributed by atoms with Gasteiger partial charge >= 0.3 is 59.1 Å². The number of phosphoric ester groups is 1. The van der Waals surface area contributed by atoms with Gasteiger partial charge in [0.2, 0.25) is 0 Å². The first kappa shape index (κ1) is 19.6. The maximum absolute atomic E-state index is 9.72. The maximum atomic E-state index is 9.72. The molecule has 0 saturated carbocycles. The van der Waals surface area contributed by atoms with Crippen molar-refractivity contribution in [2.45, 2.75) is 19.3 Å². The van der Waals surface area contributed by atoms with Gasteiger partial charge in [-0.15, -0.1) is 0 Å². The number of phosphoric acid groups is 1. The van der Waals surface area contributed by atoms with Gasteiger partial charge in [0.05, 0.1) is 7.82 Å². The van der Waals surface area contributed by atoms with Gasteiger partial charge < -0.3 is 29.1 Å². The molecule has 0 amide bonds. The van der Waals surface area contributed by atoms with Crippen LogP contribution in [0.3, 0.4) is 0 Å². The molecule has 2 unspecified atom stereocenters. The normalized spacial score (nSPS) is 15.4. The standard InChI is InChI=1S/C3H9O6P.2Na/c1-2(4)3(5)9-10(6,7)8;;/h2-5H,1H3,(H2,6,7,8);;/q;2*+1/p-2. The molecule has 0 fully saturated rings. The Kier molecular flexibility index (Phi) is 13.6. The van der Waals surface area contributed by atoms with Crippen LogP contribution >= 0.6 is 7.82 Å². The van der Waals surface area contributed by atoms with E-state index >= 15 is 0 Å². The quantitative estimate of drug-likeness (QED) is 0.275.